The summed E-state index contributed by atoms with van der Waals surface area (Å²) in [4.78, 5) is 51.7. The summed E-state index contributed by atoms with van der Waals surface area (Å²) in [6.45, 7) is 6.79. The van der Waals surface area contributed by atoms with Gasteiger partial charge >= 0.3 is 5.97 Å². The number of ether oxygens (including phenoxy) is 1. The highest BCUT2D eigenvalue weighted by Gasteiger charge is 2.44. The van der Waals surface area contributed by atoms with Crippen molar-refractivity contribution in [2.24, 2.45) is 5.92 Å². The number of hydrogen-bond donors (Lipinski definition) is 1. The van der Waals surface area contributed by atoms with Gasteiger partial charge in [-0.15, -0.1) is 0 Å². The summed E-state index contributed by atoms with van der Waals surface area (Å²) in [7, 11) is 0. The molecular formula is C21H23N3O6. The number of carbonyl (C=O) groups is 4. The third kappa shape index (κ3) is 4.24. The van der Waals surface area contributed by atoms with Gasteiger partial charge in [0.05, 0.1) is 11.1 Å². The summed E-state index contributed by atoms with van der Waals surface area (Å²) in [5.74, 6) is -1.83. The molecule has 3 rings (SSSR count). The molecule has 1 aromatic heterocycles. The van der Waals surface area contributed by atoms with E-state index >= 15 is 0 Å². The Labute approximate surface area is 173 Å². The molecule has 0 aliphatic carbocycles. The summed E-state index contributed by atoms with van der Waals surface area (Å²) in [5, 5.41) is 6.13. The number of aryl methyl sites for hydroxylation is 1. The van der Waals surface area contributed by atoms with Crippen molar-refractivity contribution >= 4 is 29.5 Å². The van der Waals surface area contributed by atoms with Crippen LogP contribution in [0, 0.1) is 12.8 Å². The van der Waals surface area contributed by atoms with E-state index in [0.717, 1.165) is 4.90 Å². The molecule has 1 aromatic carbocycles. The Morgan fingerprint density at radius 2 is 1.73 bits per heavy atom. The van der Waals surface area contributed by atoms with Crippen molar-refractivity contribution in [2.45, 2.75) is 46.3 Å². The quantitative estimate of drug-likeness (QED) is 0.547. The molecule has 30 heavy (non-hydrogen) atoms. The third-order valence-corrected chi connectivity index (χ3v) is 4.65. The molecule has 2 atom stereocenters. The van der Waals surface area contributed by atoms with Gasteiger partial charge in [0.25, 0.3) is 17.7 Å². The van der Waals surface area contributed by atoms with Gasteiger partial charge in [-0.2, -0.15) is 0 Å². The van der Waals surface area contributed by atoms with E-state index in [1.54, 1.807) is 31.2 Å². The largest absolute Gasteiger partial charge is 0.451 e. The highest BCUT2D eigenvalue weighted by molar-refractivity contribution is 6.22. The average Bonchev–Trinajstić information content (AvgIpc) is 3.21. The van der Waals surface area contributed by atoms with Crippen molar-refractivity contribution in [1.82, 2.24) is 10.1 Å². The molecule has 1 aliphatic rings. The fraction of sp³-hybridized carbons (Fsp3) is 0.381. The van der Waals surface area contributed by atoms with Crippen LogP contribution in [-0.4, -0.2) is 45.9 Å². The Morgan fingerprint density at radius 3 is 2.23 bits per heavy atom. The predicted octanol–water partition coefficient (Wildman–Crippen LogP) is 2.56. The second-order valence-corrected chi connectivity index (χ2v) is 7.56. The molecule has 158 valence electrons. The monoisotopic (exact) mass is 413 g/mol. The lowest BCUT2D eigenvalue weighted by molar-refractivity contribution is -0.157. The number of aromatic nitrogens is 1. The first-order valence-electron chi connectivity index (χ1n) is 9.60. The molecule has 0 unspecified atom stereocenters. The number of amides is 3. The van der Waals surface area contributed by atoms with Gasteiger partial charge in [0.15, 0.2) is 11.9 Å². The maximum Gasteiger partial charge on any atom is 0.330 e. The molecule has 0 saturated heterocycles. The van der Waals surface area contributed by atoms with Crippen LogP contribution in [0.3, 0.4) is 0 Å². The van der Waals surface area contributed by atoms with Gasteiger partial charge in [-0.25, -0.2) is 4.79 Å². The zero-order valence-electron chi connectivity index (χ0n) is 17.2. The molecule has 2 aromatic rings. The van der Waals surface area contributed by atoms with Crippen LogP contribution >= 0.6 is 0 Å². The number of hydrogen-bond acceptors (Lipinski definition) is 7. The molecule has 1 N–H and O–H groups in total. The van der Waals surface area contributed by atoms with E-state index in [4.69, 9.17) is 9.26 Å². The number of fused-ring (bicyclic) bond motifs is 1. The first-order valence-corrected chi connectivity index (χ1v) is 9.60. The minimum atomic E-state index is -1.17. The van der Waals surface area contributed by atoms with Gasteiger partial charge in [-0.1, -0.05) is 31.1 Å². The van der Waals surface area contributed by atoms with Crippen molar-refractivity contribution in [3.8, 4) is 0 Å². The summed E-state index contributed by atoms with van der Waals surface area (Å²) in [6, 6.07) is 6.78. The summed E-state index contributed by atoms with van der Waals surface area (Å²) < 4.78 is 10.2. The number of imide groups is 1. The Bertz CT molecular complexity index is 961. The van der Waals surface area contributed by atoms with E-state index in [9.17, 15) is 19.2 Å². The first kappa shape index (κ1) is 21.2. The van der Waals surface area contributed by atoms with Crippen LogP contribution in [0.25, 0.3) is 0 Å². The van der Waals surface area contributed by atoms with Crippen LogP contribution in [0.1, 0.15) is 53.7 Å². The molecule has 2 heterocycles. The van der Waals surface area contributed by atoms with Crippen LogP contribution in [0.4, 0.5) is 5.82 Å². The zero-order valence-corrected chi connectivity index (χ0v) is 17.2. The first-order chi connectivity index (χ1) is 14.2. The average molecular weight is 413 g/mol. The molecule has 9 heteroatoms. The van der Waals surface area contributed by atoms with E-state index in [0.29, 0.717) is 5.76 Å². The van der Waals surface area contributed by atoms with Crippen molar-refractivity contribution in [2.75, 3.05) is 5.32 Å². The Morgan fingerprint density at radius 1 is 1.13 bits per heavy atom. The van der Waals surface area contributed by atoms with E-state index in [1.165, 1.54) is 13.0 Å². The minimum absolute atomic E-state index is 0.00546. The number of carbonyl (C=O) groups excluding carboxylic acids is 4. The summed E-state index contributed by atoms with van der Waals surface area (Å²) >= 11 is 0. The van der Waals surface area contributed by atoms with Crippen molar-refractivity contribution in [1.29, 1.82) is 0 Å². The smallest absolute Gasteiger partial charge is 0.330 e. The number of esters is 1. The fourth-order valence-electron chi connectivity index (χ4n) is 3.20. The topological polar surface area (TPSA) is 119 Å². The number of nitrogens with zero attached hydrogens (tertiary/aromatic N) is 2. The fourth-order valence-corrected chi connectivity index (χ4v) is 3.20. The Kier molecular flexibility index (Phi) is 6.00. The van der Waals surface area contributed by atoms with Crippen LogP contribution in [0.2, 0.25) is 0 Å². The number of rotatable bonds is 7. The van der Waals surface area contributed by atoms with Crippen molar-refractivity contribution in [3.05, 3.63) is 47.2 Å². The predicted molar refractivity (Wildman–Crippen MR) is 106 cm³/mol. The van der Waals surface area contributed by atoms with Crippen LogP contribution in [0.5, 0.6) is 0 Å². The highest BCUT2D eigenvalue weighted by atomic mass is 16.5. The second-order valence-electron chi connectivity index (χ2n) is 7.56. The van der Waals surface area contributed by atoms with E-state index in [-0.39, 0.29) is 29.3 Å². The van der Waals surface area contributed by atoms with Crippen LogP contribution in [0.15, 0.2) is 34.9 Å². The van der Waals surface area contributed by atoms with Crippen LogP contribution in [-0.2, 0) is 14.3 Å². The number of nitrogens with one attached hydrogen (secondary N) is 1. The third-order valence-electron chi connectivity index (χ3n) is 4.65. The van der Waals surface area contributed by atoms with Gasteiger partial charge in [0, 0.05) is 6.07 Å². The molecule has 0 saturated carbocycles. The lowest BCUT2D eigenvalue weighted by atomic mass is 10.0. The molecule has 3 amide bonds. The second kappa shape index (κ2) is 8.48. The van der Waals surface area contributed by atoms with Gasteiger partial charge < -0.3 is 14.6 Å². The SMILES string of the molecule is Cc1cc(NC(=O)[C@@H](C)OC(=O)[C@H](CC(C)C)N2C(=O)c3ccccc3C2=O)no1. The zero-order chi connectivity index (χ0) is 22.0. The van der Waals surface area contributed by atoms with E-state index in [1.807, 2.05) is 13.8 Å². The molecule has 9 nitrogen and oxygen atoms in total. The molecule has 0 bridgehead atoms. The van der Waals surface area contributed by atoms with Crippen molar-refractivity contribution in [3.63, 3.8) is 0 Å². The lowest BCUT2D eigenvalue weighted by Gasteiger charge is -2.27. The number of anilines is 1. The molecule has 0 fully saturated rings. The summed E-state index contributed by atoms with van der Waals surface area (Å²) in [5.41, 5.74) is 0.493. The maximum absolute atomic E-state index is 12.9. The highest BCUT2D eigenvalue weighted by Crippen LogP contribution is 2.27. The number of benzene rings is 1. The van der Waals surface area contributed by atoms with Gasteiger partial charge in [0.2, 0.25) is 0 Å². The molecule has 0 radical (unpaired) electrons. The van der Waals surface area contributed by atoms with Gasteiger partial charge in [0.1, 0.15) is 11.8 Å². The standard InChI is InChI=1S/C21H23N3O6/c1-11(2)9-16(24-19(26)14-7-5-6-8-15(14)20(24)27)21(28)29-13(4)18(25)22-17-10-12(3)30-23-17/h5-8,10-11,13,16H,9H2,1-4H3,(H,22,23,25)/t13-,16+/m1/s1. The minimum Gasteiger partial charge on any atom is -0.451 e. The van der Waals surface area contributed by atoms with Crippen molar-refractivity contribution < 1.29 is 28.4 Å². The van der Waals surface area contributed by atoms with E-state index in [2.05, 4.69) is 10.5 Å². The summed E-state index contributed by atoms with van der Waals surface area (Å²) in [6.07, 6.45) is -0.958. The van der Waals surface area contributed by atoms with Crippen LogP contribution < -0.4 is 5.32 Å². The lowest BCUT2D eigenvalue weighted by Crippen LogP contribution is -2.48. The molecular weight excluding hydrogens is 390 g/mol. The van der Waals surface area contributed by atoms with Gasteiger partial charge in [-0.3, -0.25) is 19.3 Å². The van der Waals surface area contributed by atoms with E-state index < -0.39 is 35.8 Å². The molecule has 0 spiro atoms. The molecule has 1 aliphatic heterocycles. The Hall–Kier alpha value is -3.49. The normalized spacial score (nSPS) is 15.2. The maximum atomic E-state index is 12.9. The Balaban J connectivity index is 1.75. The van der Waals surface area contributed by atoms with Gasteiger partial charge in [-0.05, 0) is 38.3 Å².